The van der Waals surface area contributed by atoms with E-state index < -0.39 is 4.92 Å². The van der Waals surface area contributed by atoms with Crippen molar-refractivity contribution in [2.24, 2.45) is 13.0 Å². The van der Waals surface area contributed by atoms with E-state index in [1.54, 1.807) is 11.6 Å². The zero-order valence-corrected chi connectivity index (χ0v) is 12.8. The fourth-order valence-electron chi connectivity index (χ4n) is 2.65. The lowest BCUT2D eigenvalue weighted by atomic mass is 10.0. The average molecular weight is 297 g/mol. The Morgan fingerprint density at radius 1 is 1.48 bits per heavy atom. The number of morpholine rings is 1. The molecule has 0 saturated carbocycles. The number of hydrogen-bond acceptors (Lipinski definition) is 6. The summed E-state index contributed by atoms with van der Waals surface area (Å²) >= 11 is 0. The average Bonchev–Trinajstić information content (AvgIpc) is 2.81. The fraction of sp³-hybridized carbons (Fsp3) is 0.769. The molecule has 118 valence electrons. The zero-order valence-electron chi connectivity index (χ0n) is 12.8. The van der Waals surface area contributed by atoms with Gasteiger partial charge in [-0.05, 0) is 15.8 Å². The van der Waals surface area contributed by atoms with Crippen LogP contribution in [0.15, 0.2) is 6.33 Å². The first-order chi connectivity index (χ1) is 10.0. The molecular weight excluding hydrogens is 274 g/mol. The highest BCUT2D eigenvalue weighted by atomic mass is 16.6. The van der Waals surface area contributed by atoms with Crippen molar-refractivity contribution in [1.82, 2.24) is 14.5 Å². The largest absolute Gasteiger partial charge is 0.406 e. The first kappa shape index (κ1) is 15.7. The van der Waals surface area contributed by atoms with E-state index in [2.05, 4.69) is 29.0 Å². The molecule has 8 nitrogen and oxygen atoms in total. The highest BCUT2D eigenvalue weighted by Gasteiger charge is 2.26. The van der Waals surface area contributed by atoms with Crippen LogP contribution in [0.3, 0.4) is 0 Å². The third-order valence-corrected chi connectivity index (χ3v) is 3.85. The first-order valence-electron chi connectivity index (χ1n) is 7.22. The predicted molar refractivity (Wildman–Crippen MR) is 79.4 cm³/mol. The van der Waals surface area contributed by atoms with Crippen molar-refractivity contribution in [3.63, 3.8) is 0 Å². The van der Waals surface area contributed by atoms with Crippen molar-refractivity contribution in [1.29, 1.82) is 0 Å². The molecular formula is C13H23N5O3. The number of ether oxygens (including phenoxy) is 1. The lowest BCUT2D eigenvalue weighted by molar-refractivity contribution is -0.388. The third-order valence-electron chi connectivity index (χ3n) is 3.85. The van der Waals surface area contributed by atoms with Gasteiger partial charge in [-0.3, -0.25) is 9.47 Å². The monoisotopic (exact) mass is 297 g/mol. The maximum Gasteiger partial charge on any atom is 0.406 e. The van der Waals surface area contributed by atoms with Crippen LogP contribution in [0.1, 0.15) is 13.8 Å². The van der Waals surface area contributed by atoms with Crippen molar-refractivity contribution in [2.45, 2.75) is 19.9 Å². The fourth-order valence-corrected chi connectivity index (χ4v) is 2.65. The molecule has 0 aliphatic carbocycles. The molecule has 1 fully saturated rings. The van der Waals surface area contributed by atoms with Gasteiger partial charge >= 0.3 is 5.82 Å². The minimum Gasteiger partial charge on any atom is -0.379 e. The van der Waals surface area contributed by atoms with Crippen LogP contribution in [-0.2, 0) is 11.8 Å². The van der Waals surface area contributed by atoms with E-state index in [0.717, 1.165) is 26.3 Å². The summed E-state index contributed by atoms with van der Waals surface area (Å²) in [5.41, 5.74) is 0. The minimum absolute atomic E-state index is 0.123. The molecule has 0 amide bonds. The van der Waals surface area contributed by atoms with Crippen LogP contribution >= 0.6 is 0 Å². The smallest absolute Gasteiger partial charge is 0.379 e. The van der Waals surface area contributed by atoms with Crippen molar-refractivity contribution in [2.75, 3.05) is 38.2 Å². The van der Waals surface area contributed by atoms with Gasteiger partial charge < -0.3 is 20.2 Å². The molecule has 21 heavy (non-hydrogen) atoms. The molecule has 0 spiro atoms. The van der Waals surface area contributed by atoms with Gasteiger partial charge in [0.2, 0.25) is 12.1 Å². The van der Waals surface area contributed by atoms with Gasteiger partial charge in [0.25, 0.3) is 0 Å². The quantitative estimate of drug-likeness (QED) is 0.625. The summed E-state index contributed by atoms with van der Waals surface area (Å²) in [5.74, 6) is 0.781. The molecule has 0 unspecified atom stereocenters. The van der Waals surface area contributed by atoms with E-state index in [-0.39, 0.29) is 5.82 Å². The van der Waals surface area contributed by atoms with Gasteiger partial charge in [-0.25, -0.2) is 0 Å². The molecule has 2 heterocycles. The molecule has 1 aliphatic rings. The number of anilines is 1. The Balaban J connectivity index is 2.05. The van der Waals surface area contributed by atoms with Crippen LogP contribution in [-0.4, -0.2) is 58.3 Å². The molecule has 8 heteroatoms. The first-order valence-corrected chi connectivity index (χ1v) is 7.22. The Morgan fingerprint density at radius 3 is 2.71 bits per heavy atom. The summed E-state index contributed by atoms with van der Waals surface area (Å²) in [5, 5.41) is 14.2. The lowest BCUT2D eigenvalue weighted by Crippen LogP contribution is -2.49. The molecule has 1 aromatic rings. The summed E-state index contributed by atoms with van der Waals surface area (Å²) < 4.78 is 7.03. The molecule has 1 atom stereocenters. The molecule has 0 aromatic carbocycles. The van der Waals surface area contributed by atoms with Gasteiger partial charge in [0.1, 0.15) is 0 Å². The van der Waals surface area contributed by atoms with E-state index in [1.807, 2.05) is 0 Å². The van der Waals surface area contributed by atoms with Crippen LogP contribution in [0.5, 0.6) is 0 Å². The number of rotatable bonds is 6. The number of aromatic nitrogens is 2. The Bertz CT molecular complexity index is 482. The van der Waals surface area contributed by atoms with Crippen molar-refractivity contribution >= 4 is 11.6 Å². The normalized spacial score (nSPS) is 17.9. The minimum atomic E-state index is -0.457. The van der Waals surface area contributed by atoms with Crippen LogP contribution in [0.25, 0.3) is 0 Å². The van der Waals surface area contributed by atoms with Crippen LogP contribution in [0.4, 0.5) is 11.6 Å². The van der Waals surface area contributed by atoms with E-state index in [4.69, 9.17) is 4.74 Å². The van der Waals surface area contributed by atoms with E-state index in [1.165, 1.54) is 6.33 Å². The van der Waals surface area contributed by atoms with Gasteiger partial charge in [0.05, 0.1) is 13.2 Å². The molecule has 1 N–H and O–H groups in total. The van der Waals surface area contributed by atoms with Gasteiger partial charge in [0, 0.05) is 32.7 Å². The summed E-state index contributed by atoms with van der Waals surface area (Å²) in [7, 11) is 1.75. The maximum atomic E-state index is 11.0. The second-order valence-electron chi connectivity index (χ2n) is 5.63. The SMILES string of the molecule is CC(C)[C@H](CNc1c([N+](=O)[O-])ncn1C)N1CCOCC1. The summed E-state index contributed by atoms with van der Waals surface area (Å²) in [6.45, 7) is 8.27. The number of imidazole rings is 1. The van der Waals surface area contributed by atoms with Crippen molar-refractivity contribution in [3.8, 4) is 0 Å². The summed E-state index contributed by atoms with van der Waals surface area (Å²) in [6.07, 6.45) is 1.46. The van der Waals surface area contributed by atoms with E-state index in [0.29, 0.717) is 24.3 Å². The Morgan fingerprint density at radius 2 is 2.14 bits per heavy atom. The van der Waals surface area contributed by atoms with E-state index >= 15 is 0 Å². The van der Waals surface area contributed by atoms with Gasteiger partial charge in [-0.2, -0.15) is 0 Å². The molecule has 0 radical (unpaired) electrons. The predicted octanol–water partition coefficient (Wildman–Crippen LogP) is 1.10. The number of nitrogens with one attached hydrogen (secondary N) is 1. The standard InChI is InChI=1S/C13H23N5O3/c1-10(2)11(17-4-6-21-7-5-17)8-14-12-13(18(19)20)15-9-16(12)3/h9-11,14H,4-8H2,1-3H3/t11-/m0/s1. The topological polar surface area (TPSA) is 85.5 Å². The van der Waals surface area contributed by atoms with Crippen molar-refractivity contribution in [3.05, 3.63) is 16.4 Å². The Hall–Kier alpha value is -1.67. The Kier molecular flexibility index (Phi) is 5.13. The van der Waals surface area contributed by atoms with Gasteiger partial charge in [-0.15, -0.1) is 0 Å². The highest BCUT2D eigenvalue weighted by Crippen LogP contribution is 2.22. The number of hydrogen-bond donors (Lipinski definition) is 1. The molecule has 1 aromatic heterocycles. The van der Waals surface area contributed by atoms with E-state index in [9.17, 15) is 10.1 Å². The number of nitrogens with zero attached hydrogens (tertiary/aromatic N) is 4. The number of aryl methyl sites for hydroxylation is 1. The third kappa shape index (κ3) is 3.70. The van der Waals surface area contributed by atoms with Crippen LogP contribution < -0.4 is 5.32 Å². The second kappa shape index (κ2) is 6.86. The molecule has 0 bridgehead atoms. The van der Waals surface area contributed by atoms with Crippen LogP contribution in [0.2, 0.25) is 0 Å². The Labute approximate surface area is 124 Å². The number of nitro groups is 1. The molecule has 1 saturated heterocycles. The molecule has 1 aliphatic heterocycles. The van der Waals surface area contributed by atoms with Gasteiger partial charge in [0.15, 0.2) is 0 Å². The second-order valence-corrected chi connectivity index (χ2v) is 5.63. The zero-order chi connectivity index (χ0) is 15.4. The summed E-state index contributed by atoms with van der Waals surface area (Å²) in [4.78, 5) is 16.7. The molecule has 2 rings (SSSR count). The van der Waals surface area contributed by atoms with Crippen LogP contribution in [0, 0.1) is 16.0 Å². The summed E-state index contributed by atoms with van der Waals surface area (Å²) in [6, 6.07) is 0.309. The van der Waals surface area contributed by atoms with Gasteiger partial charge in [-0.1, -0.05) is 13.8 Å². The maximum absolute atomic E-state index is 11.0. The highest BCUT2D eigenvalue weighted by molar-refractivity contribution is 5.52. The van der Waals surface area contributed by atoms with Crippen molar-refractivity contribution < 1.29 is 9.66 Å². The lowest BCUT2D eigenvalue weighted by Gasteiger charge is -2.37.